The summed E-state index contributed by atoms with van der Waals surface area (Å²) in [6.07, 6.45) is 4.74. The fraction of sp³-hybridized carbons (Fsp3) is 0.846. The summed E-state index contributed by atoms with van der Waals surface area (Å²) >= 11 is 0. The Bertz CT molecular complexity index is 315. The van der Waals surface area contributed by atoms with Crippen molar-refractivity contribution < 1.29 is 14.7 Å². The van der Waals surface area contributed by atoms with Gasteiger partial charge >= 0.3 is 12.0 Å². The van der Waals surface area contributed by atoms with Crippen LogP contribution in [0, 0.1) is 0 Å². The van der Waals surface area contributed by atoms with Crippen LogP contribution in [0.3, 0.4) is 0 Å². The van der Waals surface area contributed by atoms with Crippen molar-refractivity contribution in [3.63, 3.8) is 0 Å². The molecule has 1 saturated carbocycles. The highest BCUT2D eigenvalue weighted by Gasteiger charge is 2.40. The van der Waals surface area contributed by atoms with Crippen molar-refractivity contribution in [1.82, 2.24) is 10.6 Å². The molecule has 18 heavy (non-hydrogen) atoms. The summed E-state index contributed by atoms with van der Waals surface area (Å²) in [5.41, 5.74) is -1.27. The number of nitrogens with one attached hydrogen (secondary N) is 2. The number of carboxylic acid groups (broad SMARTS) is 1. The van der Waals surface area contributed by atoms with Crippen molar-refractivity contribution in [2.45, 2.75) is 70.4 Å². The van der Waals surface area contributed by atoms with E-state index in [0.717, 1.165) is 25.7 Å². The molecule has 5 nitrogen and oxygen atoms in total. The van der Waals surface area contributed by atoms with Gasteiger partial charge in [-0.3, -0.25) is 0 Å². The summed E-state index contributed by atoms with van der Waals surface area (Å²) in [6.45, 7) is 5.59. The van der Waals surface area contributed by atoms with Gasteiger partial charge in [-0.25, -0.2) is 9.59 Å². The van der Waals surface area contributed by atoms with E-state index in [-0.39, 0.29) is 11.6 Å². The number of hydrogen-bond donors (Lipinski definition) is 3. The van der Waals surface area contributed by atoms with E-state index in [1.807, 2.05) is 6.92 Å². The lowest BCUT2D eigenvalue weighted by Crippen LogP contribution is -2.62. The predicted molar refractivity (Wildman–Crippen MR) is 69.5 cm³/mol. The van der Waals surface area contributed by atoms with Crippen LogP contribution in [0.25, 0.3) is 0 Å². The number of hydrogen-bond acceptors (Lipinski definition) is 2. The SMILES string of the molecule is CCC1(NC(=O)NC(CC)(CC)C(=O)O)CCC1. The molecule has 1 rings (SSSR count). The summed E-state index contributed by atoms with van der Waals surface area (Å²) in [5.74, 6) is -0.971. The van der Waals surface area contributed by atoms with E-state index in [0.29, 0.717) is 12.8 Å². The van der Waals surface area contributed by atoms with Crippen LogP contribution < -0.4 is 10.6 Å². The molecule has 0 spiro atoms. The summed E-state index contributed by atoms with van der Waals surface area (Å²) in [6, 6.07) is -0.359. The Morgan fingerprint density at radius 1 is 1.22 bits per heavy atom. The number of rotatable bonds is 6. The predicted octanol–water partition coefficient (Wildman–Crippen LogP) is 2.26. The fourth-order valence-electron chi connectivity index (χ4n) is 2.44. The van der Waals surface area contributed by atoms with E-state index < -0.39 is 11.5 Å². The van der Waals surface area contributed by atoms with Crippen LogP contribution in [0.4, 0.5) is 4.79 Å². The molecule has 104 valence electrons. The molecular weight excluding hydrogens is 232 g/mol. The summed E-state index contributed by atoms with van der Waals surface area (Å²) in [5, 5.41) is 14.8. The molecule has 0 aromatic heterocycles. The minimum Gasteiger partial charge on any atom is -0.480 e. The second-order valence-electron chi connectivity index (χ2n) is 5.16. The molecule has 5 heteroatoms. The molecule has 0 aromatic rings. The molecule has 2 amide bonds. The average Bonchev–Trinajstić information content (AvgIpc) is 2.30. The molecule has 1 aliphatic carbocycles. The molecule has 0 atom stereocenters. The zero-order valence-electron chi connectivity index (χ0n) is 11.5. The third kappa shape index (κ3) is 2.76. The highest BCUT2D eigenvalue weighted by atomic mass is 16.4. The first-order valence-electron chi connectivity index (χ1n) is 6.77. The van der Waals surface area contributed by atoms with Crippen molar-refractivity contribution in [2.24, 2.45) is 0 Å². The van der Waals surface area contributed by atoms with Crippen LogP contribution in [0.15, 0.2) is 0 Å². The van der Waals surface area contributed by atoms with Gasteiger partial charge in [0.2, 0.25) is 0 Å². The van der Waals surface area contributed by atoms with Crippen molar-refractivity contribution in [2.75, 3.05) is 0 Å². The minimum atomic E-state index is -1.15. The highest BCUT2D eigenvalue weighted by molar-refractivity contribution is 5.86. The maximum absolute atomic E-state index is 12.0. The normalized spacial score (nSPS) is 17.7. The first kappa shape index (κ1) is 14.8. The van der Waals surface area contributed by atoms with Gasteiger partial charge in [0.1, 0.15) is 5.54 Å². The van der Waals surface area contributed by atoms with Gasteiger partial charge in [0, 0.05) is 5.54 Å². The molecule has 0 saturated heterocycles. The third-order valence-corrected chi connectivity index (χ3v) is 4.34. The number of carbonyl (C=O) groups is 2. The summed E-state index contributed by atoms with van der Waals surface area (Å²) in [7, 11) is 0. The first-order chi connectivity index (χ1) is 8.43. The zero-order valence-corrected chi connectivity index (χ0v) is 11.5. The van der Waals surface area contributed by atoms with Gasteiger partial charge < -0.3 is 15.7 Å². The van der Waals surface area contributed by atoms with Crippen molar-refractivity contribution in [3.8, 4) is 0 Å². The topological polar surface area (TPSA) is 78.4 Å². The molecule has 1 fully saturated rings. The Kier molecular flexibility index (Phi) is 4.59. The zero-order chi connectivity index (χ0) is 13.8. The maximum Gasteiger partial charge on any atom is 0.329 e. The molecule has 0 radical (unpaired) electrons. The van der Waals surface area contributed by atoms with E-state index in [2.05, 4.69) is 10.6 Å². The van der Waals surface area contributed by atoms with Crippen molar-refractivity contribution >= 4 is 12.0 Å². The van der Waals surface area contributed by atoms with Gasteiger partial charge in [-0.05, 0) is 38.5 Å². The summed E-state index contributed by atoms with van der Waals surface area (Å²) < 4.78 is 0. The molecular formula is C13H24N2O3. The van der Waals surface area contributed by atoms with Crippen molar-refractivity contribution in [3.05, 3.63) is 0 Å². The third-order valence-electron chi connectivity index (χ3n) is 4.34. The largest absolute Gasteiger partial charge is 0.480 e. The van der Waals surface area contributed by atoms with Gasteiger partial charge in [0.05, 0.1) is 0 Å². The lowest BCUT2D eigenvalue weighted by atomic mass is 9.75. The Hall–Kier alpha value is -1.26. The van der Waals surface area contributed by atoms with Crippen LogP contribution in [-0.4, -0.2) is 28.2 Å². The molecule has 0 aromatic carbocycles. The van der Waals surface area contributed by atoms with Gasteiger partial charge in [0.15, 0.2) is 0 Å². The molecule has 3 N–H and O–H groups in total. The quantitative estimate of drug-likeness (QED) is 0.682. The van der Waals surface area contributed by atoms with E-state index in [1.165, 1.54) is 0 Å². The molecule has 0 aliphatic heterocycles. The monoisotopic (exact) mass is 256 g/mol. The van der Waals surface area contributed by atoms with Crippen molar-refractivity contribution in [1.29, 1.82) is 0 Å². The number of amides is 2. The summed E-state index contributed by atoms with van der Waals surface area (Å²) in [4.78, 5) is 23.3. The Morgan fingerprint density at radius 3 is 2.06 bits per heavy atom. The number of aliphatic carboxylic acids is 1. The second kappa shape index (κ2) is 5.59. The standard InChI is InChI=1S/C13H24N2O3/c1-4-12(8-7-9-12)14-11(18)15-13(5-2,6-3)10(16)17/h4-9H2,1-3H3,(H,16,17)(H2,14,15,18). The van der Waals surface area contributed by atoms with Crippen LogP contribution in [0.5, 0.6) is 0 Å². The first-order valence-corrected chi connectivity index (χ1v) is 6.77. The smallest absolute Gasteiger partial charge is 0.329 e. The van der Waals surface area contributed by atoms with Gasteiger partial charge in [-0.15, -0.1) is 0 Å². The van der Waals surface area contributed by atoms with Crippen LogP contribution in [-0.2, 0) is 4.79 Å². The van der Waals surface area contributed by atoms with E-state index in [9.17, 15) is 14.7 Å². The Labute approximate surface area is 108 Å². The lowest BCUT2D eigenvalue weighted by Gasteiger charge is -2.42. The molecule has 0 heterocycles. The average molecular weight is 256 g/mol. The van der Waals surface area contributed by atoms with Gasteiger partial charge in [-0.1, -0.05) is 20.8 Å². The Morgan fingerprint density at radius 2 is 1.78 bits per heavy atom. The van der Waals surface area contributed by atoms with Gasteiger partial charge in [0.25, 0.3) is 0 Å². The van der Waals surface area contributed by atoms with Crippen LogP contribution in [0.2, 0.25) is 0 Å². The lowest BCUT2D eigenvalue weighted by molar-refractivity contribution is -0.144. The number of carbonyl (C=O) groups excluding carboxylic acids is 1. The fourth-order valence-corrected chi connectivity index (χ4v) is 2.44. The van der Waals surface area contributed by atoms with E-state index in [4.69, 9.17) is 0 Å². The van der Waals surface area contributed by atoms with E-state index >= 15 is 0 Å². The Balaban J connectivity index is 2.65. The number of carboxylic acids is 1. The van der Waals surface area contributed by atoms with Crippen LogP contribution in [0.1, 0.15) is 59.3 Å². The maximum atomic E-state index is 12.0. The minimum absolute atomic E-state index is 0.115. The molecule has 0 bridgehead atoms. The van der Waals surface area contributed by atoms with Crippen LogP contribution >= 0.6 is 0 Å². The molecule has 0 unspecified atom stereocenters. The van der Waals surface area contributed by atoms with E-state index in [1.54, 1.807) is 13.8 Å². The van der Waals surface area contributed by atoms with Gasteiger partial charge in [-0.2, -0.15) is 0 Å². The molecule has 1 aliphatic rings. The second-order valence-corrected chi connectivity index (χ2v) is 5.16. The highest BCUT2D eigenvalue weighted by Crippen LogP contribution is 2.34. The number of urea groups is 1.